The zero-order valence-electron chi connectivity index (χ0n) is 24.1. The Labute approximate surface area is 250 Å². The molecule has 0 bridgehead atoms. The van der Waals surface area contributed by atoms with Gasteiger partial charge in [0.25, 0.3) is 11.8 Å². The van der Waals surface area contributed by atoms with Gasteiger partial charge < -0.3 is 24.9 Å². The average Bonchev–Trinajstić information content (AvgIpc) is 3.58. The van der Waals surface area contributed by atoms with Crippen LogP contribution < -0.4 is 20.4 Å². The van der Waals surface area contributed by atoms with E-state index < -0.39 is 0 Å². The Morgan fingerprint density at radius 1 is 0.976 bits per heavy atom. The van der Waals surface area contributed by atoms with Gasteiger partial charge in [0.2, 0.25) is 0 Å². The molecule has 0 radical (unpaired) electrons. The number of para-hydroxylation sites is 1. The molecule has 3 heterocycles. The van der Waals surface area contributed by atoms with Crippen molar-refractivity contribution in [1.82, 2.24) is 15.3 Å². The summed E-state index contributed by atoms with van der Waals surface area (Å²) in [5.41, 5.74) is 5.76. The fraction of sp³-hybridized carbons (Fsp3) is 0.375. The number of benzene rings is 2. The van der Waals surface area contributed by atoms with Crippen LogP contribution in [-0.2, 0) is 6.42 Å². The van der Waals surface area contributed by atoms with Crippen molar-refractivity contribution in [3.05, 3.63) is 87.5 Å². The van der Waals surface area contributed by atoms with Crippen molar-refractivity contribution in [3.8, 4) is 0 Å². The third kappa shape index (κ3) is 6.49. The van der Waals surface area contributed by atoms with Crippen molar-refractivity contribution >= 4 is 40.2 Å². The second kappa shape index (κ2) is 12.4. The lowest BCUT2D eigenvalue weighted by Gasteiger charge is -2.38. The molecule has 6 rings (SSSR count). The Kier molecular flexibility index (Phi) is 8.23. The van der Waals surface area contributed by atoms with Crippen molar-refractivity contribution in [3.63, 3.8) is 0 Å². The maximum Gasteiger partial charge on any atom is 0.277 e. The maximum absolute atomic E-state index is 13.2. The molecule has 2 aromatic heterocycles. The van der Waals surface area contributed by atoms with Crippen LogP contribution in [0.4, 0.5) is 17.1 Å². The molecule has 1 saturated carbocycles. The molecule has 9 nitrogen and oxygen atoms in total. The van der Waals surface area contributed by atoms with Crippen LogP contribution in [0.15, 0.2) is 58.5 Å². The van der Waals surface area contributed by atoms with Gasteiger partial charge in [0.1, 0.15) is 6.26 Å². The average molecular weight is 585 g/mol. The summed E-state index contributed by atoms with van der Waals surface area (Å²) < 4.78 is 5.55. The van der Waals surface area contributed by atoms with Crippen molar-refractivity contribution < 1.29 is 14.0 Å². The summed E-state index contributed by atoms with van der Waals surface area (Å²) in [6.45, 7) is 7.95. The summed E-state index contributed by atoms with van der Waals surface area (Å²) in [4.78, 5) is 39.9. The highest BCUT2D eigenvalue weighted by Gasteiger charge is 2.30. The normalized spacial score (nSPS) is 15.1. The first-order chi connectivity index (χ1) is 20.4. The Bertz CT molecular complexity index is 1570. The molecule has 10 heteroatoms. The summed E-state index contributed by atoms with van der Waals surface area (Å²) in [7, 11) is 0. The Balaban J connectivity index is 1.16. The Hall–Kier alpha value is -4.18. The number of nitrogens with zero attached hydrogens (tertiary/aromatic N) is 4. The van der Waals surface area contributed by atoms with Gasteiger partial charge in [0.15, 0.2) is 11.6 Å². The fourth-order valence-electron chi connectivity index (χ4n) is 5.32. The summed E-state index contributed by atoms with van der Waals surface area (Å²) in [6, 6.07) is 14.0. The molecular weight excluding hydrogens is 548 g/mol. The number of carbonyl (C=O) groups is 2. The predicted octanol–water partition coefficient (Wildman–Crippen LogP) is 5.57. The summed E-state index contributed by atoms with van der Waals surface area (Å²) in [5, 5.41) is 9.17. The van der Waals surface area contributed by atoms with Crippen LogP contribution in [0.5, 0.6) is 0 Å². The Morgan fingerprint density at radius 3 is 2.45 bits per heavy atom. The van der Waals surface area contributed by atoms with Crippen LogP contribution in [0, 0.1) is 13.8 Å². The number of thiazole rings is 1. The van der Waals surface area contributed by atoms with Gasteiger partial charge in [0.05, 0.1) is 16.4 Å². The number of oxazole rings is 1. The molecule has 2 aliphatic rings. The predicted molar refractivity (Wildman–Crippen MR) is 166 cm³/mol. The van der Waals surface area contributed by atoms with E-state index in [-0.39, 0.29) is 17.5 Å². The lowest BCUT2D eigenvalue weighted by Crippen LogP contribution is -2.47. The van der Waals surface area contributed by atoms with Crippen LogP contribution in [0.3, 0.4) is 0 Å². The van der Waals surface area contributed by atoms with Crippen LogP contribution in [0.25, 0.3) is 0 Å². The van der Waals surface area contributed by atoms with Gasteiger partial charge in [-0.25, -0.2) is 9.97 Å². The molecule has 0 spiro atoms. The van der Waals surface area contributed by atoms with Gasteiger partial charge in [-0.1, -0.05) is 18.2 Å². The van der Waals surface area contributed by atoms with E-state index in [4.69, 9.17) is 4.42 Å². The highest BCUT2D eigenvalue weighted by molar-refractivity contribution is 7.09. The zero-order valence-corrected chi connectivity index (χ0v) is 24.9. The van der Waals surface area contributed by atoms with E-state index in [0.717, 1.165) is 68.3 Å². The van der Waals surface area contributed by atoms with Gasteiger partial charge in [-0.15, -0.1) is 11.3 Å². The van der Waals surface area contributed by atoms with E-state index in [9.17, 15) is 9.59 Å². The molecule has 1 aliphatic heterocycles. The number of piperazine rings is 1. The molecule has 1 saturated heterocycles. The molecule has 0 atom stereocenters. The molecule has 2 amide bonds. The summed E-state index contributed by atoms with van der Waals surface area (Å²) in [6.07, 6.45) is 5.14. The minimum atomic E-state index is -0.346. The molecule has 42 heavy (non-hydrogen) atoms. The molecular formula is C32H36N6O3S. The summed E-state index contributed by atoms with van der Waals surface area (Å²) in [5.74, 6) is 0.419. The summed E-state index contributed by atoms with van der Waals surface area (Å²) >= 11 is 1.65. The van der Waals surface area contributed by atoms with Crippen molar-refractivity contribution in [1.29, 1.82) is 0 Å². The first-order valence-corrected chi connectivity index (χ1v) is 15.5. The minimum Gasteiger partial charge on any atom is -0.448 e. The van der Waals surface area contributed by atoms with E-state index in [1.165, 1.54) is 17.5 Å². The second-order valence-electron chi connectivity index (χ2n) is 11.0. The number of hydrogen-bond donors (Lipinski definition) is 2. The van der Waals surface area contributed by atoms with Crippen LogP contribution >= 0.6 is 11.3 Å². The minimum absolute atomic E-state index is 0.172. The lowest BCUT2D eigenvalue weighted by molar-refractivity contribution is 0.0951. The SMILES string of the molecule is Cc1csc(CCCNC(=O)c2ccc(N3CCN(c4ccccc4C)CC3)c(NC(=O)c3coc(C4CC4)n3)c2)n1. The molecule has 218 valence electrons. The second-order valence-corrected chi connectivity index (χ2v) is 12.0. The zero-order chi connectivity index (χ0) is 29.1. The van der Waals surface area contributed by atoms with Gasteiger partial charge in [-0.05, 0) is 62.9 Å². The molecule has 2 fully saturated rings. The quantitative estimate of drug-likeness (QED) is 0.235. The van der Waals surface area contributed by atoms with Crippen molar-refractivity contribution in [2.24, 2.45) is 0 Å². The van der Waals surface area contributed by atoms with E-state index in [0.29, 0.717) is 29.6 Å². The standard InChI is InChI=1S/C32H36N6O3S/c1-21-6-3-4-7-27(21)37-14-16-38(17-15-37)28-12-11-24(30(39)33-13-5-8-29-34-22(2)20-42-29)18-25(28)35-31(40)26-19-41-32(36-26)23-9-10-23/h3-4,6-7,11-12,18-20,23H,5,8-10,13-17H2,1-2H3,(H,33,39)(H,35,40). The van der Waals surface area contributed by atoms with Gasteiger partial charge in [-0.2, -0.15) is 0 Å². The number of aryl methyl sites for hydroxylation is 3. The molecule has 0 unspecified atom stereocenters. The fourth-order valence-corrected chi connectivity index (χ4v) is 6.13. The molecule has 1 aliphatic carbocycles. The number of rotatable bonds is 10. The maximum atomic E-state index is 13.2. The number of nitrogens with one attached hydrogen (secondary N) is 2. The molecule has 2 N–H and O–H groups in total. The van der Waals surface area contributed by atoms with Crippen LogP contribution in [-0.4, -0.2) is 54.5 Å². The number of aromatic nitrogens is 2. The van der Waals surface area contributed by atoms with Crippen LogP contribution in [0.1, 0.15) is 68.2 Å². The number of carbonyl (C=O) groups excluding carboxylic acids is 2. The van der Waals surface area contributed by atoms with Crippen molar-refractivity contribution in [2.75, 3.05) is 47.8 Å². The van der Waals surface area contributed by atoms with E-state index in [1.807, 2.05) is 24.4 Å². The van der Waals surface area contributed by atoms with Gasteiger partial charge in [-0.3, -0.25) is 9.59 Å². The smallest absolute Gasteiger partial charge is 0.277 e. The Morgan fingerprint density at radius 2 is 1.74 bits per heavy atom. The monoisotopic (exact) mass is 584 g/mol. The third-order valence-electron chi connectivity index (χ3n) is 7.78. The first-order valence-electron chi connectivity index (χ1n) is 14.6. The lowest BCUT2D eigenvalue weighted by atomic mass is 10.1. The molecule has 4 aromatic rings. The third-order valence-corrected chi connectivity index (χ3v) is 8.81. The number of anilines is 3. The van der Waals surface area contributed by atoms with Crippen molar-refractivity contribution in [2.45, 2.75) is 45.4 Å². The first kappa shape index (κ1) is 28.0. The van der Waals surface area contributed by atoms with E-state index >= 15 is 0 Å². The number of hydrogen-bond acceptors (Lipinski definition) is 8. The van der Waals surface area contributed by atoms with E-state index in [2.05, 4.69) is 61.6 Å². The van der Waals surface area contributed by atoms with Gasteiger partial charge >= 0.3 is 0 Å². The highest BCUT2D eigenvalue weighted by atomic mass is 32.1. The van der Waals surface area contributed by atoms with Gasteiger partial charge in [0, 0.05) is 67.4 Å². The van der Waals surface area contributed by atoms with E-state index in [1.54, 1.807) is 17.4 Å². The molecule has 2 aromatic carbocycles. The van der Waals surface area contributed by atoms with Crippen LogP contribution in [0.2, 0.25) is 0 Å². The number of amides is 2. The largest absolute Gasteiger partial charge is 0.448 e. The topological polar surface area (TPSA) is 104 Å². The highest BCUT2D eigenvalue weighted by Crippen LogP contribution is 2.39.